The summed E-state index contributed by atoms with van der Waals surface area (Å²) in [5.74, 6) is -2.77. The Morgan fingerprint density at radius 1 is 1.17 bits per heavy atom. The Morgan fingerprint density at radius 2 is 1.75 bits per heavy atom. The second-order valence-electron chi connectivity index (χ2n) is 6.58. The van der Waals surface area contributed by atoms with Crippen LogP contribution < -0.4 is 5.32 Å². The van der Waals surface area contributed by atoms with Crippen molar-refractivity contribution in [3.63, 3.8) is 0 Å². The van der Waals surface area contributed by atoms with Crippen molar-refractivity contribution in [2.45, 2.75) is 38.9 Å². The number of halogens is 3. The van der Waals surface area contributed by atoms with Crippen LogP contribution in [0.25, 0.3) is 0 Å². The maximum Gasteiger partial charge on any atom is 0.471 e. The molecule has 0 aliphatic carbocycles. The van der Waals surface area contributed by atoms with Gasteiger partial charge in [-0.15, -0.1) is 0 Å². The number of likely N-dealkylation sites (tertiary alicyclic amines) is 1. The van der Waals surface area contributed by atoms with E-state index in [0.717, 1.165) is 4.90 Å². The first kappa shape index (κ1) is 18.5. The molecule has 0 spiro atoms. The molecule has 24 heavy (non-hydrogen) atoms. The molecule has 2 aliphatic rings. The number of piperidine rings is 1. The number of alkyl halides is 3. The average Bonchev–Trinajstić information content (AvgIpc) is 2.52. The van der Waals surface area contributed by atoms with E-state index < -0.39 is 24.0 Å². The summed E-state index contributed by atoms with van der Waals surface area (Å²) >= 11 is 0. The van der Waals surface area contributed by atoms with Gasteiger partial charge in [0.05, 0.1) is 0 Å². The maximum absolute atomic E-state index is 12.7. The third kappa shape index (κ3) is 3.81. The number of hydrogen-bond acceptors (Lipinski definition) is 3. The van der Waals surface area contributed by atoms with E-state index in [9.17, 15) is 27.6 Å². The lowest BCUT2D eigenvalue weighted by atomic mass is 9.92. The van der Waals surface area contributed by atoms with Gasteiger partial charge in [0.2, 0.25) is 11.8 Å². The summed E-state index contributed by atoms with van der Waals surface area (Å²) in [6, 6.07) is -0.555. The van der Waals surface area contributed by atoms with Crippen molar-refractivity contribution in [3.8, 4) is 0 Å². The van der Waals surface area contributed by atoms with E-state index in [-0.39, 0.29) is 43.7 Å². The summed E-state index contributed by atoms with van der Waals surface area (Å²) in [7, 11) is 0. The lowest BCUT2D eigenvalue weighted by Crippen LogP contribution is -2.60. The molecule has 1 unspecified atom stereocenters. The zero-order chi connectivity index (χ0) is 18.1. The van der Waals surface area contributed by atoms with E-state index in [1.807, 2.05) is 13.8 Å². The van der Waals surface area contributed by atoms with Gasteiger partial charge in [-0.05, 0) is 18.8 Å². The van der Waals surface area contributed by atoms with Crippen LogP contribution in [-0.2, 0) is 14.4 Å². The van der Waals surface area contributed by atoms with Crippen molar-refractivity contribution in [1.82, 2.24) is 15.1 Å². The van der Waals surface area contributed by atoms with Gasteiger partial charge < -0.3 is 15.1 Å². The van der Waals surface area contributed by atoms with E-state index in [0.29, 0.717) is 13.1 Å². The number of hydrogen-bond donors (Lipinski definition) is 1. The normalized spacial score (nSPS) is 23.4. The van der Waals surface area contributed by atoms with E-state index in [4.69, 9.17) is 0 Å². The second-order valence-corrected chi connectivity index (χ2v) is 6.58. The molecule has 2 aliphatic heterocycles. The average molecular weight is 349 g/mol. The Bertz CT molecular complexity index is 514. The van der Waals surface area contributed by atoms with Crippen molar-refractivity contribution in [2.75, 3.05) is 26.2 Å². The number of piperazine rings is 1. The number of nitrogens with zero attached hydrogens (tertiary/aromatic N) is 2. The zero-order valence-corrected chi connectivity index (χ0v) is 13.7. The van der Waals surface area contributed by atoms with Gasteiger partial charge >= 0.3 is 12.1 Å². The molecule has 0 saturated carbocycles. The first-order valence-electron chi connectivity index (χ1n) is 8.07. The van der Waals surface area contributed by atoms with Crippen LogP contribution in [0.15, 0.2) is 0 Å². The van der Waals surface area contributed by atoms with Crippen molar-refractivity contribution in [2.24, 2.45) is 11.8 Å². The molecule has 0 bridgehead atoms. The van der Waals surface area contributed by atoms with Gasteiger partial charge in [0.25, 0.3) is 0 Å². The first-order valence-corrected chi connectivity index (χ1v) is 8.07. The topological polar surface area (TPSA) is 69.7 Å². The number of carbonyl (C=O) groups excluding carboxylic acids is 3. The summed E-state index contributed by atoms with van der Waals surface area (Å²) in [5.41, 5.74) is 0. The van der Waals surface area contributed by atoms with Crippen LogP contribution >= 0.6 is 0 Å². The van der Waals surface area contributed by atoms with E-state index in [2.05, 4.69) is 5.32 Å². The number of nitrogens with one attached hydrogen (secondary N) is 1. The third-order valence-electron chi connectivity index (χ3n) is 4.54. The smallest absolute Gasteiger partial charge is 0.353 e. The molecule has 1 N–H and O–H groups in total. The molecule has 6 nitrogen and oxygen atoms in total. The Balaban J connectivity index is 1.99. The fourth-order valence-electron chi connectivity index (χ4n) is 3.34. The van der Waals surface area contributed by atoms with Gasteiger partial charge in [-0.3, -0.25) is 14.4 Å². The third-order valence-corrected chi connectivity index (χ3v) is 4.54. The van der Waals surface area contributed by atoms with Gasteiger partial charge in [-0.2, -0.15) is 13.2 Å². The summed E-state index contributed by atoms with van der Waals surface area (Å²) in [5, 5.41) is 2.73. The van der Waals surface area contributed by atoms with Crippen molar-refractivity contribution >= 4 is 17.7 Å². The van der Waals surface area contributed by atoms with Crippen LogP contribution in [0.2, 0.25) is 0 Å². The van der Waals surface area contributed by atoms with Crippen LogP contribution in [0.5, 0.6) is 0 Å². The van der Waals surface area contributed by atoms with E-state index in [1.165, 1.54) is 4.90 Å². The molecule has 0 aromatic rings. The standard InChI is InChI=1S/C15H22F3N3O3/c1-9(2)11-12(22)19-5-8-21(11)13(23)10-3-6-20(7-4-10)14(24)15(16,17)18/h9-11H,3-8H2,1-2H3,(H,19,22). The lowest BCUT2D eigenvalue weighted by Gasteiger charge is -2.40. The molecule has 2 saturated heterocycles. The molecule has 2 rings (SSSR count). The molecule has 3 amide bonds. The monoisotopic (exact) mass is 349 g/mol. The highest BCUT2D eigenvalue weighted by atomic mass is 19.4. The van der Waals surface area contributed by atoms with Crippen LogP contribution in [0.1, 0.15) is 26.7 Å². The molecule has 9 heteroatoms. The van der Waals surface area contributed by atoms with Gasteiger partial charge in [0.1, 0.15) is 6.04 Å². The second kappa shape index (κ2) is 6.98. The zero-order valence-electron chi connectivity index (χ0n) is 13.7. The first-order chi connectivity index (χ1) is 11.1. The Hall–Kier alpha value is -1.80. The van der Waals surface area contributed by atoms with Gasteiger partial charge in [-0.1, -0.05) is 13.8 Å². The molecule has 2 heterocycles. The predicted molar refractivity (Wildman–Crippen MR) is 78.7 cm³/mol. The fourth-order valence-corrected chi connectivity index (χ4v) is 3.34. The van der Waals surface area contributed by atoms with Gasteiger partial charge in [0, 0.05) is 32.1 Å². The molecule has 0 aromatic carbocycles. The lowest BCUT2D eigenvalue weighted by molar-refractivity contribution is -0.187. The quantitative estimate of drug-likeness (QED) is 0.801. The summed E-state index contributed by atoms with van der Waals surface area (Å²) in [6.07, 6.45) is -4.52. The summed E-state index contributed by atoms with van der Waals surface area (Å²) < 4.78 is 37.4. The van der Waals surface area contributed by atoms with Crippen molar-refractivity contribution < 1.29 is 27.6 Å². The predicted octanol–water partition coefficient (Wildman–Crippen LogP) is 0.770. The van der Waals surface area contributed by atoms with Crippen molar-refractivity contribution in [3.05, 3.63) is 0 Å². The molecule has 2 fully saturated rings. The SMILES string of the molecule is CC(C)C1C(=O)NCCN1C(=O)C1CCN(C(=O)C(F)(F)F)CC1. The molecular formula is C15H22F3N3O3. The summed E-state index contributed by atoms with van der Waals surface area (Å²) in [4.78, 5) is 38.2. The minimum Gasteiger partial charge on any atom is -0.353 e. The van der Waals surface area contributed by atoms with Crippen LogP contribution in [-0.4, -0.2) is 65.9 Å². The fraction of sp³-hybridized carbons (Fsp3) is 0.800. The number of amides is 3. The highest BCUT2D eigenvalue weighted by Crippen LogP contribution is 2.26. The molecule has 0 aromatic heterocycles. The van der Waals surface area contributed by atoms with E-state index >= 15 is 0 Å². The van der Waals surface area contributed by atoms with Crippen LogP contribution in [0, 0.1) is 11.8 Å². The number of rotatable bonds is 2. The molecule has 0 radical (unpaired) electrons. The van der Waals surface area contributed by atoms with E-state index in [1.54, 1.807) is 0 Å². The van der Waals surface area contributed by atoms with Gasteiger partial charge in [-0.25, -0.2) is 0 Å². The molecular weight excluding hydrogens is 327 g/mol. The van der Waals surface area contributed by atoms with Crippen molar-refractivity contribution in [1.29, 1.82) is 0 Å². The number of carbonyl (C=O) groups is 3. The highest BCUT2D eigenvalue weighted by molar-refractivity contribution is 5.90. The Kier molecular flexibility index (Phi) is 5.39. The van der Waals surface area contributed by atoms with Crippen LogP contribution in [0.3, 0.4) is 0 Å². The molecule has 1 atom stereocenters. The molecule has 136 valence electrons. The minimum absolute atomic E-state index is 0.0545. The largest absolute Gasteiger partial charge is 0.471 e. The minimum atomic E-state index is -4.88. The Labute approximate surface area is 138 Å². The summed E-state index contributed by atoms with van der Waals surface area (Å²) in [6.45, 7) is 4.28. The Morgan fingerprint density at radius 3 is 2.25 bits per heavy atom. The maximum atomic E-state index is 12.7. The van der Waals surface area contributed by atoms with Crippen LogP contribution in [0.4, 0.5) is 13.2 Å². The highest BCUT2D eigenvalue weighted by Gasteiger charge is 2.45. The van der Waals surface area contributed by atoms with Gasteiger partial charge in [0.15, 0.2) is 0 Å².